The summed E-state index contributed by atoms with van der Waals surface area (Å²) in [4.78, 5) is 13.0. The Bertz CT molecular complexity index is 578. The Hall–Kier alpha value is -2.08. The average Bonchev–Trinajstić information content (AvgIpc) is 2.43. The van der Waals surface area contributed by atoms with E-state index in [4.69, 9.17) is 10.6 Å². The number of carboxylic acid groups (broad SMARTS) is 1. The van der Waals surface area contributed by atoms with Crippen LogP contribution in [0.5, 0.6) is 0 Å². The van der Waals surface area contributed by atoms with Crippen LogP contribution in [-0.4, -0.2) is 33.7 Å². The molecule has 1 heterocycles. The third-order valence-electron chi connectivity index (χ3n) is 3.84. The highest BCUT2D eigenvalue weighted by molar-refractivity contribution is 5.95. The first kappa shape index (κ1) is 15.3. The molecule has 4 N–H and O–H groups in total. The van der Waals surface area contributed by atoms with Gasteiger partial charge in [-0.05, 0) is 29.0 Å². The van der Waals surface area contributed by atoms with E-state index in [2.05, 4.69) is 0 Å². The molecule has 0 fully saturated rings. The number of rotatable bonds is 1. The van der Waals surface area contributed by atoms with E-state index in [1.165, 1.54) is 4.90 Å². The van der Waals surface area contributed by atoms with E-state index in [0.717, 1.165) is 11.1 Å². The predicted molar refractivity (Wildman–Crippen MR) is 78.8 cm³/mol. The van der Waals surface area contributed by atoms with Gasteiger partial charge in [0, 0.05) is 12.1 Å². The maximum absolute atomic E-state index is 11.5. The molecule has 1 aromatic rings. The molecule has 0 radical (unpaired) electrons. The minimum atomic E-state index is -0.908. The molecule has 0 aliphatic carbocycles. The molecular formula is C15H21N3O3. The summed E-state index contributed by atoms with van der Waals surface area (Å²) in [5.41, 5.74) is 4.21. The highest BCUT2D eigenvalue weighted by Gasteiger charge is 2.38. The zero-order valence-corrected chi connectivity index (χ0v) is 12.5. The highest BCUT2D eigenvalue weighted by atomic mass is 16.5. The normalized spacial score (nSPS) is 18.1. The van der Waals surface area contributed by atoms with E-state index in [9.17, 15) is 9.90 Å². The van der Waals surface area contributed by atoms with Gasteiger partial charge in [0.2, 0.25) is 0 Å². The molecule has 114 valence electrons. The van der Waals surface area contributed by atoms with Gasteiger partial charge in [-0.15, -0.1) is 0 Å². The van der Waals surface area contributed by atoms with Gasteiger partial charge in [0.15, 0.2) is 0 Å². The Balaban J connectivity index is 2.50. The first-order chi connectivity index (χ1) is 9.75. The van der Waals surface area contributed by atoms with Crippen LogP contribution in [0.3, 0.4) is 0 Å². The van der Waals surface area contributed by atoms with Gasteiger partial charge in [-0.2, -0.15) is 0 Å². The Morgan fingerprint density at radius 1 is 1.43 bits per heavy atom. The number of hydroxylamine groups is 1. The standard InChI is InChI=1S/C15H21N3O3/c1-15(2,3)12-11-5-4-10(13(16)17-21)8-9(11)6-7-18(12)14(19)20/h4-5,8,12,21H,6-7H2,1-3H3,(H2,16,17)(H,19,20). The molecule has 1 aliphatic rings. The second-order valence-corrected chi connectivity index (χ2v) is 6.39. The molecule has 2 rings (SSSR count). The Morgan fingerprint density at radius 3 is 2.62 bits per heavy atom. The molecule has 0 saturated heterocycles. The van der Waals surface area contributed by atoms with E-state index >= 15 is 0 Å². The lowest BCUT2D eigenvalue weighted by atomic mass is 9.77. The van der Waals surface area contributed by atoms with Crippen molar-refractivity contribution in [3.05, 3.63) is 34.9 Å². The largest absolute Gasteiger partial charge is 0.465 e. The predicted octanol–water partition coefficient (Wildman–Crippen LogP) is 2.61. The molecule has 1 aromatic carbocycles. The quantitative estimate of drug-likeness (QED) is 0.363. The van der Waals surface area contributed by atoms with Crippen LogP contribution in [0, 0.1) is 10.8 Å². The molecule has 6 nitrogen and oxygen atoms in total. The van der Waals surface area contributed by atoms with Crippen molar-refractivity contribution in [2.45, 2.75) is 33.2 Å². The van der Waals surface area contributed by atoms with Gasteiger partial charge < -0.3 is 10.0 Å². The topological polar surface area (TPSA) is 96.7 Å². The number of nitrogens with one attached hydrogen (secondary N) is 2. The van der Waals surface area contributed by atoms with Gasteiger partial charge in [-0.25, -0.2) is 4.79 Å². The van der Waals surface area contributed by atoms with Crippen LogP contribution >= 0.6 is 0 Å². The molecule has 1 amide bonds. The number of fused-ring (bicyclic) bond motifs is 1. The van der Waals surface area contributed by atoms with Crippen LogP contribution in [0.15, 0.2) is 18.2 Å². The number of benzene rings is 1. The monoisotopic (exact) mass is 291 g/mol. The second kappa shape index (κ2) is 5.37. The number of amides is 1. The third-order valence-corrected chi connectivity index (χ3v) is 3.84. The number of nitrogens with zero attached hydrogens (tertiary/aromatic N) is 1. The number of amidine groups is 1. The van der Waals surface area contributed by atoms with E-state index in [1.807, 2.05) is 38.4 Å². The first-order valence-corrected chi connectivity index (χ1v) is 6.87. The summed E-state index contributed by atoms with van der Waals surface area (Å²) in [5, 5.41) is 25.9. The maximum atomic E-state index is 11.5. The molecular weight excluding hydrogens is 270 g/mol. The summed E-state index contributed by atoms with van der Waals surface area (Å²) in [7, 11) is 0. The minimum Gasteiger partial charge on any atom is -0.465 e. The molecule has 1 unspecified atom stereocenters. The molecule has 21 heavy (non-hydrogen) atoms. The van der Waals surface area contributed by atoms with Crippen molar-refractivity contribution < 1.29 is 15.1 Å². The van der Waals surface area contributed by atoms with Gasteiger partial charge in [0.1, 0.15) is 5.84 Å². The van der Waals surface area contributed by atoms with Gasteiger partial charge in [-0.3, -0.25) is 16.1 Å². The van der Waals surface area contributed by atoms with Crippen molar-refractivity contribution >= 4 is 11.9 Å². The van der Waals surface area contributed by atoms with Gasteiger partial charge in [0.05, 0.1) is 6.04 Å². The van der Waals surface area contributed by atoms with Crippen LogP contribution in [-0.2, 0) is 6.42 Å². The molecule has 0 saturated carbocycles. The smallest absolute Gasteiger partial charge is 0.407 e. The SMILES string of the molecule is CC(C)(C)C1c2ccc(C(=N)NO)cc2CCN1C(=O)O. The lowest BCUT2D eigenvalue weighted by Gasteiger charge is -2.43. The van der Waals surface area contributed by atoms with Crippen LogP contribution in [0.4, 0.5) is 4.79 Å². The zero-order chi connectivity index (χ0) is 15.8. The van der Waals surface area contributed by atoms with Crippen molar-refractivity contribution in [1.82, 2.24) is 10.4 Å². The molecule has 0 spiro atoms. The third kappa shape index (κ3) is 2.85. The van der Waals surface area contributed by atoms with Gasteiger partial charge in [-0.1, -0.05) is 32.9 Å². The van der Waals surface area contributed by atoms with Crippen LogP contribution in [0.2, 0.25) is 0 Å². The number of hydrogen-bond donors (Lipinski definition) is 4. The van der Waals surface area contributed by atoms with Crippen molar-refractivity contribution in [2.75, 3.05) is 6.54 Å². The van der Waals surface area contributed by atoms with Crippen LogP contribution in [0.25, 0.3) is 0 Å². The van der Waals surface area contributed by atoms with Crippen molar-refractivity contribution in [3.63, 3.8) is 0 Å². The van der Waals surface area contributed by atoms with E-state index in [0.29, 0.717) is 18.5 Å². The fourth-order valence-electron chi connectivity index (χ4n) is 2.99. The van der Waals surface area contributed by atoms with Gasteiger partial charge in [0.25, 0.3) is 0 Å². The molecule has 1 atom stereocenters. The summed E-state index contributed by atoms with van der Waals surface area (Å²) in [6.07, 6.45) is -0.296. The van der Waals surface area contributed by atoms with Gasteiger partial charge >= 0.3 is 6.09 Å². The summed E-state index contributed by atoms with van der Waals surface area (Å²) < 4.78 is 0. The summed E-state index contributed by atoms with van der Waals surface area (Å²) in [6, 6.07) is 5.22. The first-order valence-electron chi connectivity index (χ1n) is 6.87. The van der Waals surface area contributed by atoms with E-state index < -0.39 is 6.09 Å². The summed E-state index contributed by atoms with van der Waals surface area (Å²) >= 11 is 0. The lowest BCUT2D eigenvalue weighted by Crippen LogP contribution is -2.44. The molecule has 0 aromatic heterocycles. The Labute approximate surface area is 123 Å². The van der Waals surface area contributed by atoms with E-state index in [-0.39, 0.29) is 17.3 Å². The Morgan fingerprint density at radius 2 is 2.10 bits per heavy atom. The van der Waals surface area contributed by atoms with Crippen molar-refractivity contribution in [1.29, 1.82) is 5.41 Å². The molecule has 1 aliphatic heterocycles. The van der Waals surface area contributed by atoms with Crippen LogP contribution in [0.1, 0.15) is 43.5 Å². The fraction of sp³-hybridized carbons (Fsp3) is 0.467. The summed E-state index contributed by atoms with van der Waals surface area (Å²) in [5.74, 6) is -0.0641. The number of carbonyl (C=O) groups is 1. The fourth-order valence-corrected chi connectivity index (χ4v) is 2.99. The van der Waals surface area contributed by atoms with Crippen LogP contribution < -0.4 is 5.48 Å². The van der Waals surface area contributed by atoms with Crippen molar-refractivity contribution in [3.8, 4) is 0 Å². The molecule has 6 heteroatoms. The van der Waals surface area contributed by atoms with E-state index in [1.54, 1.807) is 6.07 Å². The number of hydrogen-bond acceptors (Lipinski definition) is 3. The lowest BCUT2D eigenvalue weighted by molar-refractivity contribution is 0.0759. The minimum absolute atomic E-state index is 0.0641. The molecule has 0 bridgehead atoms. The maximum Gasteiger partial charge on any atom is 0.407 e. The Kier molecular flexibility index (Phi) is 3.91. The summed E-state index contributed by atoms with van der Waals surface area (Å²) in [6.45, 7) is 6.50. The zero-order valence-electron chi connectivity index (χ0n) is 12.5. The second-order valence-electron chi connectivity index (χ2n) is 6.39. The van der Waals surface area contributed by atoms with Crippen molar-refractivity contribution in [2.24, 2.45) is 5.41 Å². The average molecular weight is 291 g/mol. The highest BCUT2D eigenvalue weighted by Crippen LogP contribution is 2.42.